The van der Waals surface area contributed by atoms with Gasteiger partial charge in [-0.15, -0.1) is 0 Å². The Kier molecular flexibility index (Phi) is 2.49. The average Bonchev–Trinajstić information content (AvgIpc) is 2.62. The first kappa shape index (κ1) is 9.21. The van der Waals surface area contributed by atoms with Crippen LogP contribution in [-0.4, -0.2) is 22.5 Å². The van der Waals surface area contributed by atoms with Gasteiger partial charge in [0, 0.05) is 13.0 Å². The summed E-state index contributed by atoms with van der Waals surface area (Å²) in [5.74, 6) is 0.842. The fraction of sp³-hybridized carbons (Fsp3) is 0.333. The predicted molar refractivity (Wildman–Crippen MR) is 54.5 cm³/mol. The van der Waals surface area contributed by atoms with Gasteiger partial charge in [-0.1, -0.05) is 0 Å². The van der Waals surface area contributed by atoms with Gasteiger partial charge in [0.2, 0.25) is 5.91 Å². The first-order valence-corrected chi connectivity index (χ1v) is 4.77. The molecule has 0 unspecified atom stereocenters. The number of nitrogens with zero attached hydrogens (tertiary/aromatic N) is 1. The fourth-order valence-electron chi connectivity index (χ4n) is 1.34. The highest BCUT2D eigenvalue weighted by Crippen LogP contribution is 2.08. The zero-order chi connectivity index (χ0) is 9.97. The van der Waals surface area contributed by atoms with Crippen molar-refractivity contribution in [2.24, 2.45) is 0 Å². The minimum Gasteiger partial charge on any atom is -0.467 e. The molecule has 0 aliphatic carbocycles. The van der Waals surface area contributed by atoms with Crippen LogP contribution in [0.15, 0.2) is 22.8 Å². The maximum absolute atomic E-state index is 11.0. The van der Waals surface area contributed by atoms with E-state index >= 15 is 0 Å². The van der Waals surface area contributed by atoms with E-state index in [4.69, 9.17) is 16.6 Å². The molecule has 1 aliphatic heterocycles. The summed E-state index contributed by atoms with van der Waals surface area (Å²) in [6, 6.07) is 3.72. The Morgan fingerprint density at radius 2 is 2.50 bits per heavy atom. The van der Waals surface area contributed by atoms with E-state index in [0.717, 1.165) is 5.76 Å². The number of amides is 1. The van der Waals surface area contributed by atoms with Crippen LogP contribution in [0.4, 0.5) is 0 Å². The van der Waals surface area contributed by atoms with Gasteiger partial charge in [0.25, 0.3) is 0 Å². The van der Waals surface area contributed by atoms with Crippen molar-refractivity contribution in [2.75, 3.05) is 6.54 Å². The molecule has 1 fully saturated rings. The van der Waals surface area contributed by atoms with Gasteiger partial charge in [-0.05, 0) is 24.4 Å². The molecule has 0 spiro atoms. The first-order chi connectivity index (χ1) is 6.75. The smallest absolute Gasteiger partial charge is 0.227 e. The molecule has 0 radical (unpaired) electrons. The third kappa shape index (κ3) is 1.93. The van der Waals surface area contributed by atoms with Crippen molar-refractivity contribution in [3.8, 4) is 0 Å². The van der Waals surface area contributed by atoms with Crippen molar-refractivity contribution in [3.63, 3.8) is 0 Å². The topological polar surface area (TPSA) is 45.5 Å². The quantitative estimate of drug-likeness (QED) is 0.736. The van der Waals surface area contributed by atoms with Crippen LogP contribution in [0.1, 0.15) is 12.2 Å². The number of thiocarbonyl (C=S) groups is 1. The van der Waals surface area contributed by atoms with Crippen LogP contribution in [0.5, 0.6) is 0 Å². The molecule has 0 atom stereocenters. The highest BCUT2D eigenvalue weighted by Gasteiger charge is 2.20. The summed E-state index contributed by atoms with van der Waals surface area (Å²) >= 11 is 5.03. The van der Waals surface area contributed by atoms with Gasteiger partial charge in [0.1, 0.15) is 5.76 Å². The number of hydrogen-bond acceptors (Lipinski definition) is 3. The Hall–Kier alpha value is -1.36. The molecular formula is C9H10N2O2S. The lowest BCUT2D eigenvalue weighted by atomic mass is 10.3. The van der Waals surface area contributed by atoms with E-state index in [0.29, 0.717) is 24.6 Å². The molecule has 1 aliphatic rings. The Balaban J connectivity index is 1.99. The summed E-state index contributed by atoms with van der Waals surface area (Å²) < 4.78 is 5.20. The molecule has 2 heterocycles. The lowest BCUT2D eigenvalue weighted by Gasteiger charge is -2.28. The van der Waals surface area contributed by atoms with Gasteiger partial charge >= 0.3 is 0 Å². The minimum absolute atomic E-state index is 0.00862. The first-order valence-electron chi connectivity index (χ1n) is 4.37. The SMILES string of the molecule is O=C1CCN(Cc2ccco2)C(=S)N1. The Morgan fingerprint density at radius 3 is 3.14 bits per heavy atom. The second-order valence-corrected chi connectivity index (χ2v) is 3.49. The lowest BCUT2D eigenvalue weighted by molar-refractivity contribution is -0.120. The van der Waals surface area contributed by atoms with Crippen LogP contribution in [0.25, 0.3) is 0 Å². The molecule has 74 valence electrons. The molecule has 14 heavy (non-hydrogen) atoms. The van der Waals surface area contributed by atoms with E-state index in [1.807, 2.05) is 17.0 Å². The summed E-state index contributed by atoms with van der Waals surface area (Å²) in [5.41, 5.74) is 0. The minimum atomic E-state index is -0.00862. The van der Waals surface area contributed by atoms with Crippen molar-refractivity contribution in [3.05, 3.63) is 24.2 Å². The highest BCUT2D eigenvalue weighted by molar-refractivity contribution is 7.80. The predicted octanol–water partition coefficient (Wildman–Crippen LogP) is 0.886. The van der Waals surface area contributed by atoms with Crippen LogP contribution >= 0.6 is 12.2 Å². The summed E-state index contributed by atoms with van der Waals surface area (Å²) in [4.78, 5) is 12.9. The van der Waals surface area contributed by atoms with Crippen molar-refractivity contribution in [2.45, 2.75) is 13.0 Å². The van der Waals surface area contributed by atoms with Gasteiger partial charge in [0.05, 0.1) is 12.8 Å². The van der Waals surface area contributed by atoms with Crippen molar-refractivity contribution < 1.29 is 9.21 Å². The van der Waals surface area contributed by atoms with Gasteiger partial charge in [0.15, 0.2) is 5.11 Å². The van der Waals surface area contributed by atoms with Gasteiger partial charge in [-0.2, -0.15) is 0 Å². The molecule has 0 aromatic carbocycles. The number of nitrogens with one attached hydrogen (secondary N) is 1. The number of carbonyl (C=O) groups is 1. The number of carbonyl (C=O) groups excluding carboxylic acids is 1. The van der Waals surface area contributed by atoms with Gasteiger partial charge in [-0.3, -0.25) is 4.79 Å². The van der Waals surface area contributed by atoms with Crippen molar-refractivity contribution in [1.29, 1.82) is 0 Å². The van der Waals surface area contributed by atoms with Crippen LogP contribution in [-0.2, 0) is 11.3 Å². The standard InChI is InChI=1S/C9H10N2O2S/c12-8-3-4-11(9(14)10-8)6-7-2-1-5-13-7/h1-2,5H,3-4,6H2,(H,10,12,14). The summed E-state index contributed by atoms with van der Waals surface area (Å²) in [6.07, 6.45) is 2.11. The van der Waals surface area contributed by atoms with E-state index < -0.39 is 0 Å². The molecule has 5 heteroatoms. The largest absolute Gasteiger partial charge is 0.467 e. The number of hydrogen-bond donors (Lipinski definition) is 1. The molecule has 1 amide bonds. The summed E-state index contributed by atoms with van der Waals surface area (Å²) in [5, 5.41) is 3.10. The van der Waals surface area contributed by atoms with Gasteiger partial charge < -0.3 is 14.6 Å². The normalized spacial score (nSPS) is 17.0. The Bertz CT molecular complexity index is 348. The monoisotopic (exact) mass is 210 g/mol. The third-order valence-electron chi connectivity index (χ3n) is 2.07. The van der Waals surface area contributed by atoms with Crippen LogP contribution < -0.4 is 5.32 Å². The maximum atomic E-state index is 11.0. The molecule has 4 nitrogen and oxygen atoms in total. The Labute approximate surface area is 86.9 Å². The molecule has 0 bridgehead atoms. The third-order valence-corrected chi connectivity index (χ3v) is 2.43. The lowest BCUT2D eigenvalue weighted by Crippen LogP contribution is -2.48. The molecule has 1 N–H and O–H groups in total. The van der Waals surface area contributed by atoms with E-state index in [1.54, 1.807) is 6.26 Å². The molecule has 1 saturated heterocycles. The molecule has 2 rings (SSSR count). The van der Waals surface area contributed by atoms with Crippen LogP contribution in [0.3, 0.4) is 0 Å². The summed E-state index contributed by atoms with van der Waals surface area (Å²) in [7, 11) is 0. The zero-order valence-corrected chi connectivity index (χ0v) is 8.34. The zero-order valence-electron chi connectivity index (χ0n) is 7.53. The van der Waals surface area contributed by atoms with E-state index in [9.17, 15) is 4.79 Å². The van der Waals surface area contributed by atoms with E-state index in [2.05, 4.69) is 5.32 Å². The maximum Gasteiger partial charge on any atom is 0.227 e. The van der Waals surface area contributed by atoms with Gasteiger partial charge in [-0.25, -0.2) is 0 Å². The number of rotatable bonds is 2. The average molecular weight is 210 g/mol. The highest BCUT2D eigenvalue weighted by atomic mass is 32.1. The molecule has 0 saturated carbocycles. The van der Waals surface area contributed by atoms with Crippen molar-refractivity contribution >= 4 is 23.2 Å². The molecule has 1 aromatic heterocycles. The molecule has 1 aromatic rings. The van der Waals surface area contributed by atoms with Crippen LogP contribution in [0.2, 0.25) is 0 Å². The van der Waals surface area contributed by atoms with Crippen molar-refractivity contribution in [1.82, 2.24) is 10.2 Å². The molecular weight excluding hydrogens is 200 g/mol. The number of furan rings is 1. The van der Waals surface area contributed by atoms with E-state index in [1.165, 1.54) is 0 Å². The fourth-order valence-corrected chi connectivity index (χ4v) is 1.61. The Morgan fingerprint density at radius 1 is 1.64 bits per heavy atom. The summed E-state index contributed by atoms with van der Waals surface area (Å²) in [6.45, 7) is 1.28. The van der Waals surface area contributed by atoms with E-state index in [-0.39, 0.29) is 5.91 Å². The van der Waals surface area contributed by atoms with Crippen LogP contribution in [0, 0.1) is 0 Å². The second-order valence-electron chi connectivity index (χ2n) is 3.10. The second kappa shape index (κ2) is 3.79.